The maximum Gasteiger partial charge on any atom is 0.235 e. The van der Waals surface area contributed by atoms with Gasteiger partial charge in [-0.15, -0.1) is 16.4 Å². The Morgan fingerprint density at radius 2 is 2.03 bits per heavy atom. The Hall–Kier alpha value is -3.03. The van der Waals surface area contributed by atoms with Gasteiger partial charge >= 0.3 is 0 Å². The zero-order chi connectivity index (χ0) is 25.9. The minimum Gasteiger partial charge on any atom is -0.497 e. The van der Waals surface area contributed by atoms with Crippen LogP contribution in [0, 0.1) is 22.7 Å². The van der Waals surface area contributed by atoms with Crippen LogP contribution in [0.3, 0.4) is 0 Å². The number of H-pyrrole nitrogens is 1. The molecule has 0 aliphatic heterocycles. The van der Waals surface area contributed by atoms with Gasteiger partial charge < -0.3 is 14.8 Å². The molecule has 0 spiro atoms. The highest BCUT2D eigenvalue weighted by Crippen LogP contribution is 2.45. The molecule has 4 rings (SSSR count). The van der Waals surface area contributed by atoms with Gasteiger partial charge in [-0.25, -0.2) is 4.98 Å². The second-order valence-corrected chi connectivity index (χ2v) is 11.6. The molecule has 0 saturated heterocycles. The third-order valence-electron chi connectivity index (χ3n) is 7.07. The number of fused-ring (bicyclic) bond motifs is 1. The van der Waals surface area contributed by atoms with Gasteiger partial charge in [-0.1, -0.05) is 39.0 Å². The summed E-state index contributed by atoms with van der Waals surface area (Å²) in [6, 6.07) is 7.77. The fourth-order valence-corrected chi connectivity index (χ4v) is 6.32. The number of benzene rings is 1. The molecular weight excluding hydrogens is 494 g/mol. The van der Waals surface area contributed by atoms with Crippen molar-refractivity contribution in [3.05, 3.63) is 34.2 Å². The smallest absolute Gasteiger partial charge is 0.235 e. The van der Waals surface area contributed by atoms with Crippen LogP contribution in [0.25, 0.3) is 11.4 Å². The molecule has 0 bridgehead atoms. The van der Waals surface area contributed by atoms with Crippen LogP contribution in [0.1, 0.15) is 49.6 Å². The number of nitrogens with zero attached hydrogens (tertiary/aromatic N) is 3. The van der Waals surface area contributed by atoms with Gasteiger partial charge in [0.15, 0.2) is 5.82 Å². The number of rotatable bonds is 9. The number of carbonyl (C=O) groups is 1. The van der Waals surface area contributed by atoms with Gasteiger partial charge in [0.2, 0.25) is 11.1 Å². The van der Waals surface area contributed by atoms with Crippen LogP contribution < -0.4 is 14.8 Å². The summed E-state index contributed by atoms with van der Waals surface area (Å²) in [6.45, 7) is 6.88. The van der Waals surface area contributed by atoms with Gasteiger partial charge in [0.1, 0.15) is 22.6 Å². The van der Waals surface area contributed by atoms with E-state index in [0.717, 1.165) is 36.8 Å². The van der Waals surface area contributed by atoms with Crippen LogP contribution in [0.5, 0.6) is 11.5 Å². The predicted molar refractivity (Wildman–Crippen MR) is 143 cm³/mol. The zero-order valence-electron chi connectivity index (χ0n) is 21.2. The Balaban J connectivity index is 1.41. The number of thioether (sulfide) groups is 1. The number of thiophene rings is 1. The van der Waals surface area contributed by atoms with Crippen LogP contribution in [0.2, 0.25) is 0 Å². The number of aromatic amines is 1. The minimum atomic E-state index is -0.185. The van der Waals surface area contributed by atoms with E-state index in [2.05, 4.69) is 47.3 Å². The number of ether oxygens (including phenoxy) is 2. The molecule has 1 aliphatic rings. The van der Waals surface area contributed by atoms with Crippen molar-refractivity contribution in [1.82, 2.24) is 15.2 Å². The standard InChI is InChI=1S/C26H31N5O3S2/c1-6-26(2,3)16-7-8-19-20(13-27)24(36-21(19)11-16)28-22(32)14-35-25-29-23(30-31-25)15-9-17(33-4)12-18(10-15)34-5/h9-10,12,16H,6-8,11,14H2,1-5H3,(H,28,32)(H,29,30,31)/t16-/m0/s1. The van der Waals surface area contributed by atoms with E-state index in [1.807, 2.05) is 12.1 Å². The van der Waals surface area contributed by atoms with Gasteiger partial charge in [0, 0.05) is 16.5 Å². The second-order valence-electron chi connectivity index (χ2n) is 9.51. The Labute approximate surface area is 219 Å². The predicted octanol–water partition coefficient (Wildman–Crippen LogP) is 5.69. The average molecular weight is 526 g/mol. The number of hydrogen-bond acceptors (Lipinski definition) is 8. The number of anilines is 1. The minimum absolute atomic E-state index is 0.137. The molecule has 2 aromatic heterocycles. The van der Waals surface area contributed by atoms with Crippen molar-refractivity contribution < 1.29 is 14.3 Å². The number of hydrogen-bond donors (Lipinski definition) is 2. The summed E-state index contributed by atoms with van der Waals surface area (Å²) in [7, 11) is 3.18. The molecule has 0 fully saturated rings. The fourth-order valence-electron chi connectivity index (χ4n) is 4.43. The molecular formula is C26H31N5O3S2. The van der Waals surface area contributed by atoms with Crippen LogP contribution in [0.4, 0.5) is 5.00 Å². The average Bonchev–Trinajstić information content (AvgIpc) is 3.50. The van der Waals surface area contributed by atoms with E-state index in [4.69, 9.17) is 9.47 Å². The quantitative estimate of drug-likeness (QED) is 0.345. The van der Waals surface area contributed by atoms with Gasteiger partial charge in [0.05, 0.1) is 25.5 Å². The number of methoxy groups -OCH3 is 2. The number of carbonyl (C=O) groups excluding carboxylic acids is 1. The molecule has 190 valence electrons. The maximum absolute atomic E-state index is 12.7. The SMILES string of the molecule is CCC(C)(C)[C@H]1CCc2c(sc(NC(=O)CSc3n[nH]c(-c4cc(OC)cc(OC)c4)n3)c2C#N)C1. The number of amides is 1. The number of nitriles is 1. The van der Waals surface area contributed by atoms with Crippen LogP contribution in [0.15, 0.2) is 23.4 Å². The molecule has 1 atom stereocenters. The van der Waals surface area contributed by atoms with Crippen molar-refractivity contribution >= 4 is 34.0 Å². The molecule has 8 nitrogen and oxygen atoms in total. The van der Waals surface area contributed by atoms with Gasteiger partial charge in [0.25, 0.3) is 0 Å². The third kappa shape index (κ3) is 5.52. The molecule has 2 N–H and O–H groups in total. The second kappa shape index (κ2) is 10.9. The topological polar surface area (TPSA) is 113 Å². The van der Waals surface area contributed by atoms with E-state index < -0.39 is 0 Å². The number of aromatic nitrogens is 3. The first kappa shape index (κ1) is 26.0. The molecule has 0 radical (unpaired) electrons. The van der Waals surface area contributed by atoms with Crippen molar-refractivity contribution in [3.63, 3.8) is 0 Å². The number of nitrogens with one attached hydrogen (secondary N) is 2. The zero-order valence-corrected chi connectivity index (χ0v) is 22.9. The molecule has 10 heteroatoms. The summed E-state index contributed by atoms with van der Waals surface area (Å²) in [5.74, 6) is 2.38. The first-order chi connectivity index (χ1) is 17.3. The molecule has 0 unspecified atom stereocenters. The monoisotopic (exact) mass is 525 g/mol. The third-order valence-corrected chi connectivity index (χ3v) is 9.09. The van der Waals surface area contributed by atoms with E-state index in [1.54, 1.807) is 31.6 Å². The van der Waals surface area contributed by atoms with Crippen LogP contribution in [-0.2, 0) is 17.6 Å². The van der Waals surface area contributed by atoms with Crippen LogP contribution in [-0.4, -0.2) is 41.1 Å². The first-order valence-corrected chi connectivity index (χ1v) is 13.7. The molecule has 0 saturated carbocycles. The summed E-state index contributed by atoms with van der Waals surface area (Å²) in [5, 5.41) is 21.0. The lowest BCUT2D eigenvalue weighted by Gasteiger charge is -2.36. The van der Waals surface area contributed by atoms with Gasteiger partial charge in [-0.2, -0.15) is 5.26 Å². The van der Waals surface area contributed by atoms with Crippen molar-refractivity contribution in [3.8, 4) is 29.0 Å². The molecule has 2 heterocycles. The highest BCUT2D eigenvalue weighted by molar-refractivity contribution is 7.99. The Morgan fingerprint density at radius 1 is 1.31 bits per heavy atom. The molecule has 1 amide bonds. The molecule has 1 aromatic carbocycles. The molecule has 36 heavy (non-hydrogen) atoms. The highest BCUT2D eigenvalue weighted by atomic mass is 32.2. The van der Waals surface area contributed by atoms with Crippen LogP contribution >= 0.6 is 23.1 Å². The Kier molecular flexibility index (Phi) is 7.91. The summed E-state index contributed by atoms with van der Waals surface area (Å²) in [4.78, 5) is 18.5. The van der Waals surface area contributed by atoms with E-state index in [0.29, 0.717) is 39.0 Å². The van der Waals surface area contributed by atoms with E-state index >= 15 is 0 Å². The summed E-state index contributed by atoms with van der Waals surface area (Å²) >= 11 is 2.78. The van der Waals surface area contributed by atoms with E-state index in [9.17, 15) is 10.1 Å². The van der Waals surface area contributed by atoms with Crippen molar-refractivity contribution in [2.75, 3.05) is 25.3 Å². The van der Waals surface area contributed by atoms with Crippen molar-refractivity contribution in [2.24, 2.45) is 11.3 Å². The van der Waals surface area contributed by atoms with E-state index in [1.165, 1.54) is 16.6 Å². The first-order valence-electron chi connectivity index (χ1n) is 11.9. The largest absolute Gasteiger partial charge is 0.497 e. The normalized spacial score (nSPS) is 15.2. The summed E-state index contributed by atoms with van der Waals surface area (Å²) in [6.07, 6.45) is 4.06. The van der Waals surface area contributed by atoms with Crippen molar-refractivity contribution in [2.45, 2.75) is 51.6 Å². The Bertz CT molecular complexity index is 1270. The Morgan fingerprint density at radius 3 is 2.67 bits per heavy atom. The summed E-state index contributed by atoms with van der Waals surface area (Å²) in [5.41, 5.74) is 2.76. The van der Waals surface area contributed by atoms with E-state index in [-0.39, 0.29) is 17.1 Å². The van der Waals surface area contributed by atoms with Crippen molar-refractivity contribution in [1.29, 1.82) is 5.26 Å². The maximum atomic E-state index is 12.7. The highest BCUT2D eigenvalue weighted by Gasteiger charge is 2.34. The molecule has 3 aromatic rings. The van der Waals surface area contributed by atoms with Gasteiger partial charge in [-0.05, 0) is 48.3 Å². The lowest BCUT2D eigenvalue weighted by molar-refractivity contribution is -0.113. The fraction of sp³-hybridized carbons (Fsp3) is 0.462. The lowest BCUT2D eigenvalue weighted by Crippen LogP contribution is -2.28. The molecule has 1 aliphatic carbocycles. The summed E-state index contributed by atoms with van der Waals surface area (Å²) < 4.78 is 10.6. The lowest BCUT2D eigenvalue weighted by atomic mass is 9.69. The van der Waals surface area contributed by atoms with Gasteiger partial charge in [-0.3, -0.25) is 9.89 Å².